The summed E-state index contributed by atoms with van der Waals surface area (Å²) in [5, 5.41) is 0. The molecule has 104 valence electrons. The summed E-state index contributed by atoms with van der Waals surface area (Å²) in [7, 11) is 0. The second-order valence-electron chi connectivity index (χ2n) is 6.21. The summed E-state index contributed by atoms with van der Waals surface area (Å²) < 4.78 is 15.7. The van der Waals surface area contributed by atoms with Crippen molar-refractivity contribution < 1.29 is 4.39 Å². The third-order valence-corrected chi connectivity index (χ3v) is 3.55. The molecular weight excluding hydrogens is 263 g/mol. The van der Waals surface area contributed by atoms with Gasteiger partial charge < -0.3 is 4.57 Å². The summed E-state index contributed by atoms with van der Waals surface area (Å²) >= 11 is 5.96. The fourth-order valence-electron chi connectivity index (χ4n) is 2.10. The molecule has 0 spiro atoms. The molecule has 0 radical (unpaired) electrons. The van der Waals surface area contributed by atoms with Gasteiger partial charge in [-0.25, -0.2) is 9.37 Å². The summed E-state index contributed by atoms with van der Waals surface area (Å²) in [6.07, 6.45) is 1.03. The van der Waals surface area contributed by atoms with E-state index in [4.69, 9.17) is 11.6 Å². The second kappa shape index (κ2) is 5.12. The van der Waals surface area contributed by atoms with Crippen molar-refractivity contribution in [2.45, 2.75) is 46.5 Å². The molecule has 0 saturated heterocycles. The van der Waals surface area contributed by atoms with E-state index in [1.807, 2.05) is 6.07 Å². The molecule has 0 fully saturated rings. The molecule has 0 bridgehead atoms. The average Bonchev–Trinajstić information content (AvgIpc) is 2.63. The van der Waals surface area contributed by atoms with Gasteiger partial charge in [0, 0.05) is 12.6 Å². The van der Waals surface area contributed by atoms with Gasteiger partial charge in [-0.05, 0) is 30.4 Å². The minimum absolute atomic E-state index is 0.214. The normalized spacial score (nSPS) is 12.3. The molecule has 4 heteroatoms. The van der Waals surface area contributed by atoms with E-state index in [2.05, 4.69) is 30.3 Å². The van der Waals surface area contributed by atoms with Crippen LogP contribution in [0.4, 0.5) is 4.39 Å². The highest BCUT2D eigenvalue weighted by Gasteiger charge is 2.15. The number of fused-ring (bicyclic) bond motifs is 1. The van der Waals surface area contributed by atoms with Crippen molar-refractivity contribution in [1.82, 2.24) is 9.55 Å². The van der Waals surface area contributed by atoms with Crippen LogP contribution in [0.1, 0.15) is 38.6 Å². The van der Waals surface area contributed by atoms with Crippen LogP contribution in [0.25, 0.3) is 11.0 Å². The number of aromatic nitrogens is 2. The molecule has 2 rings (SSSR count). The van der Waals surface area contributed by atoms with Crippen LogP contribution in [0.3, 0.4) is 0 Å². The lowest BCUT2D eigenvalue weighted by atomic mass is 9.92. The molecule has 0 N–H and O–H groups in total. The van der Waals surface area contributed by atoms with Gasteiger partial charge in [-0.3, -0.25) is 0 Å². The zero-order valence-corrected chi connectivity index (χ0v) is 12.7. The van der Waals surface area contributed by atoms with E-state index >= 15 is 0 Å². The van der Waals surface area contributed by atoms with Crippen LogP contribution in [-0.2, 0) is 12.4 Å². The molecule has 0 aliphatic rings. The maximum Gasteiger partial charge on any atom is 0.128 e. The number of halogens is 2. The largest absolute Gasteiger partial charge is 0.327 e. The van der Waals surface area contributed by atoms with Gasteiger partial charge in [0.15, 0.2) is 0 Å². The van der Waals surface area contributed by atoms with Gasteiger partial charge in [-0.15, -0.1) is 11.6 Å². The number of hydrogen-bond donors (Lipinski definition) is 0. The molecule has 1 aromatic heterocycles. The third kappa shape index (κ3) is 3.08. The molecule has 2 aromatic rings. The Hall–Kier alpha value is -1.09. The third-order valence-electron chi connectivity index (χ3n) is 3.31. The predicted molar refractivity (Wildman–Crippen MR) is 78.1 cm³/mol. The molecule has 0 atom stereocenters. The first-order valence-electron chi connectivity index (χ1n) is 6.53. The zero-order valence-electron chi connectivity index (χ0n) is 11.9. The van der Waals surface area contributed by atoms with Gasteiger partial charge in [0.05, 0.1) is 16.9 Å². The maximum atomic E-state index is 13.6. The Labute approximate surface area is 118 Å². The van der Waals surface area contributed by atoms with E-state index in [1.165, 1.54) is 6.07 Å². The van der Waals surface area contributed by atoms with Crippen molar-refractivity contribution in [2.24, 2.45) is 5.41 Å². The molecule has 0 aliphatic heterocycles. The Morgan fingerprint density at radius 2 is 2.00 bits per heavy atom. The molecule has 19 heavy (non-hydrogen) atoms. The summed E-state index contributed by atoms with van der Waals surface area (Å²) in [6.45, 7) is 9.25. The Bertz CT molecular complexity index is 596. The second-order valence-corrected chi connectivity index (χ2v) is 6.48. The van der Waals surface area contributed by atoms with E-state index in [9.17, 15) is 4.39 Å². The summed E-state index contributed by atoms with van der Waals surface area (Å²) in [4.78, 5) is 4.42. The van der Waals surface area contributed by atoms with Gasteiger partial charge in [-0.1, -0.05) is 20.8 Å². The number of imidazole rings is 1. The first-order chi connectivity index (χ1) is 8.81. The first-order valence-corrected chi connectivity index (χ1v) is 7.06. The lowest BCUT2D eigenvalue weighted by Gasteiger charge is -2.19. The van der Waals surface area contributed by atoms with E-state index in [0.717, 1.165) is 24.3 Å². The standard InChI is InChI=1S/C15H20ClFN2/c1-10-7-13-12(8-11(10)17)18-14(9-16)19(13)6-5-15(2,3)4/h7-8H,5-6,9H2,1-4H3. The fraction of sp³-hybridized carbons (Fsp3) is 0.533. The molecular formula is C15H20ClFN2. The van der Waals surface area contributed by atoms with Gasteiger partial charge in [0.1, 0.15) is 11.6 Å². The first kappa shape index (κ1) is 14.3. The molecule has 1 aromatic carbocycles. The van der Waals surface area contributed by atoms with E-state index in [1.54, 1.807) is 6.92 Å². The van der Waals surface area contributed by atoms with Crippen molar-refractivity contribution in [3.63, 3.8) is 0 Å². The Morgan fingerprint density at radius 3 is 2.58 bits per heavy atom. The minimum atomic E-state index is -0.214. The van der Waals surface area contributed by atoms with Crippen LogP contribution in [-0.4, -0.2) is 9.55 Å². The highest BCUT2D eigenvalue weighted by Crippen LogP contribution is 2.25. The van der Waals surface area contributed by atoms with Gasteiger partial charge in [0.2, 0.25) is 0 Å². The number of nitrogens with zero attached hydrogens (tertiary/aromatic N) is 2. The minimum Gasteiger partial charge on any atom is -0.327 e. The van der Waals surface area contributed by atoms with Crippen LogP contribution in [0.2, 0.25) is 0 Å². The van der Waals surface area contributed by atoms with Gasteiger partial charge in [0.25, 0.3) is 0 Å². The van der Waals surface area contributed by atoms with Crippen molar-refractivity contribution in [2.75, 3.05) is 0 Å². The summed E-state index contributed by atoms with van der Waals surface area (Å²) in [5.41, 5.74) is 2.55. The maximum absolute atomic E-state index is 13.6. The number of benzene rings is 1. The number of rotatable bonds is 3. The van der Waals surface area contributed by atoms with Gasteiger partial charge in [-0.2, -0.15) is 0 Å². The fourth-order valence-corrected chi connectivity index (χ4v) is 2.30. The zero-order chi connectivity index (χ0) is 14.2. The van der Waals surface area contributed by atoms with Crippen LogP contribution in [0.15, 0.2) is 12.1 Å². The smallest absolute Gasteiger partial charge is 0.128 e. The topological polar surface area (TPSA) is 17.8 Å². The SMILES string of the molecule is Cc1cc2c(cc1F)nc(CCl)n2CCC(C)(C)C. The van der Waals surface area contributed by atoms with Crippen LogP contribution in [0.5, 0.6) is 0 Å². The molecule has 1 heterocycles. The number of aryl methyl sites for hydroxylation is 2. The van der Waals surface area contributed by atoms with Gasteiger partial charge >= 0.3 is 0 Å². The Morgan fingerprint density at radius 1 is 1.32 bits per heavy atom. The molecule has 2 nitrogen and oxygen atoms in total. The molecule has 0 unspecified atom stereocenters. The predicted octanol–water partition coefficient (Wildman–Crippen LogP) is 4.66. The molecule has 0 saturated carbocycles. The highest BCUT2D eigenvalue weighted by molar-refractivity contribution is 6.16. The lowest BCUT2D eigenvalue weighted by Crippen LogP contribution is -2.12. The van der Waals surface area contributed by atoms with E-state index in [0.29, 0.717) is 17.0 Å². The summed E-state index contributed by atoms with van der Waals surface area (Å²) in [6, 6.07) is 3.35. The van der Waals surface area contributed by atoms with Crippen LogP contribution in [0, 0.1) is 18.2 Å². The summed E-state index contributed by atoms with van der Waals surface area (Å²) in [5.74, 6) is 0.944. The van der Waals surface area contributed by atoms with Crippen molar-refractivity contribution in [3.05, 3.63) is 29.3 Å². The van der Waals surface area contributed by atoms with E-state index in [-0.39, 0.29) is 11.2 Å². The molecule has 0 amide bonds. The monoisotopic (exact) mass is 282 g/mol. The average molecular weight is 283 g/mol. The van der Waals surface area contributed by atoms with Crippen LogP contribution < -0.4 is 0 Å². The van der Waals surface area contributed by atoms with E-state index < -0.39 is 0 Å². The highest BCUT2D eigenvalue weighted by atomic mass is 35.5. The number of hydrogen-bond acceptors (Lipinski definition) is 1. The lowest BCUT2D eigenvalue weighted by molar-refractivity contribution is 0.351. The number of alkyl halides is 1. The van der Waals surface area contributed by atoms with Crippen molar-refractivity contribution in [1.29, 1.82) is 0 Å². The van der Waals surface area contributed by atoms with Crippen LogP contribution >= 0.6 is 11.6 Å². The van der Waals surface area contributed by atoms with Crippen molar-refractivity contribution in [3.8, 4) is 0 Å². The van der Waals surface area contributed by atoms with Crippen molar-refractivity contribution >= 4 is 22.6 Å². The quantitative estimate of drug-likeness (QED) is 0.749. The molecule has 0 aliphatic carbocycles. The Balaban J connectivity index is 2.48. The Kier molecular flexibility index (Phi) is 3.86.